The lowest BCUT2D eigenvalue weighted by Crippen LogP contribution is -2.49. The lowest BCUT2D eigenvalue weighted by atomic mass is 10.0. The van der Waals surface area contributed by atoms with E-state index in [0.29, 0.717) is 25.4 Å². The topological polar surface area (TPSA) is 72.9 Å². The second-order valence-corrected chi connectivity index (χ2v) is 6.57. The Labute approximate surface area is 127 Å². The van der Waals surface area contributed by atoms with Crippen molar-refractivity contribution >= 4 is 12.0 Å². The summed E-state index contributed by atoms with van der Waals surface area (Å²) in [5, 5.41) is 12.1. The summed E-state index contributed by atoms with van der Waals surface area (Å²) in [5.41, 5.74) is 0. The first-order chi connectivity index (χ1) is 9.81. The van der Waals surface area contributed by atoms with E-state index in [-0.39, 0.29) is 12.1 Å². The number of rotatable bonds is 7. The summed E-state index contributed by atoms with van der Waals surface area (Å²) in [6.45, 7) is 6.29. The number of carbonyl (C=O) groups excluding carboxylic acids is 1. The van der Waals surface area contributed by atoms with Crippen LogP contribution in [0.2, 0.25) is 0 Å². The van der Waals surface area contributed by atoms with Gasteiger partial charge in [0.25, 0.3) is 0 Å². The molecule has 0 aromatic carbocycles. The third-order valence-electron chi connectivity index (χ3n) is 3.83. The molecule has 0 bridgehead atoms. The summed E-state index contributed by atoms with van der Waals surface area (Å²) in [6.07, 6.45) is 2.28. The average Bonchev–Trinajstić information content (AvgIpc) is 2.81. The summed E-state index contributed by atoms with van der Waals surface area (Å²) >= 11 is 0. The van der Waals surface area contributed by atoms with Crippen molar-refractivity contribution in [1.82, 2.24) is 15.1 Å². The highest BCUT2D eigenvalue weighted by Crippen LogP contribution is 2.26. The molecule has 2 unspecified atom stereocenters. The first-order valence-corrected chi connectivity index (χ1v) is 7.74. The molecule has 0 aliphatic heterocycles. The zero-order valence-electron chi connectivity index (χ0n) is 13.6. The fraction of sp³-hybridized carbons (Fsp3) is 0.867. The van der Waals surface area contributed by atoms with Gasteiger partial charge in [0.15, 0.2) is 0 Å². The zero-order valence-corrected chi connectivity index (χ0v) is 13.6. The molecule has 0 radical (unpaired) electrons. The van der Waals surface area contributed by atoms with Gasteiger partial charge in [-0.15, -0.1) is 0 Å². The van der Waals surface area contributed by atoms with E-state index in [1.54, 1.807) is 4.90 Å². The van der Waals surface area contributed by atoms with Gasteiger partial charge in [0.1, 0.15) is 0 Å². The van der Waals surface area contributed by atoms with E-state index in [0.717, 1.165) is 19.4 Å². The molecule has 0 heterocycles. The van der Waals surface area contributed by atoms with Crippen LogP contribution in [0.25, 0.3) is 0 Å². The summed E-state index contributed by atoms with van der Waals surface area (Å²) < 4.78 is 0. The fourth-order valence-electron chi connectivity index (χ4n) is 2.72. The third kappa shape index (κ3) is 5.91. The standard InChI is InChI=1S/C15H29N3O3/c1-11(2)10-18(9-8-17(3)4)15(21)16-13-7-5-6-12(13)14(19)20/h11-13H,5-10H2,1-4H3,(H,16,21)(H,19,20). The smallest absolute Gasteiger partial charge is 0.317 e. The Hall–Kier alpha value is -1.30. The number of nitrogens with zero attached hydrogens (tertiary/aromatic N) is 2. The Morgan fingerprint density at radius 2 is 1.90 bits per heavy atom. The van der Waals surface area contributed by atoms with Crippen LogP contribution < -0.4 is 5.32 Å². The van der Waals surface area contributed by atoms with Crippen molar-refractivity contribution in [3.8, 4) is 0 Å². The van der Waals surface area contributed by atoms with Crippen LogP contribution in [0.1, 0.15) is 33.1 Å². The summed E-state index contributed by atoms with van der Waals surface area (Å²) in [5.74, 6) is -0.859. The minimum Gasteiger partial charge on any atom is -0.481 e. The number of carbonyl (C=O) groups is 2. The van der Waals surface area contributed by atoms with Crippen molar-refractivity contribution in [2.45, 2.75) is 39.2 Å². The first kappa shape index (κ1) is 17.8. The largest absolute Gasteiger partial charge is 0.481 e. The molecular formula is C15H29N3O3. The molecule has 1 aliphatic rings. The minimum atomic E-state index is -0.804. The van der Waals surface area contributed by atoms with Crippen molar-refractivity contribution < 1.29 is 14.7 Å². The number of carboxylic acids is 1. The Morgan fingerprint density at radius 1 is 1.24 bits per heavy atom. The van der Waals surface area contributed by atoms with Gasteiger partial charge in [-0.2, -0.15) is 0 Å². The van der Waals surface area contributed by atoms with Crippen LogP contribution in [0.5, 0.6) is 0 Å². The van der Waals surface area contributed by atoms with Crippen LogP contribution in [0.3, 0.4) is 0 Å². The molecule has 1 fully saturated rings. The Kier molecular flexibility index (Phi) is 6.95. The molecule has 0 aromatic rings. The number of nitrogens with one attached hydrogen (secondary N) is 1. The number of urea groups is 1. The van der Waals surface area contributed by atoms with Gasteiger partial charge in [-0.3, -0.25) is 4.79 Å². The lowest BCUT2D eigenvalue weighted by Gasteiger charge is -2.28. The van der Waals surface area contributed by atoms with Crippen LogP contribution in [-0.4, -0.2) is 66.7 Å². The number of aliphatic carboxylic acids is 1. The third-order valence-corrected chi connectivity index (χ3v) is 3.83. The van der Waals surface area contributed by atoms with Crippen LogP contribution >= 0.6 is 0 Å². The summed E-state index contributed by atoms with van der Waals surface area (Å²) in [7, 11) is 3.95. The molecule has 0 spiro atoms. The normalized spacial score (nSPS) is 21.8. The predicted molar refractivity (Wildman–Crippen MR) is 82.3 cm³/mol. The molecule has 122 valence electrons. The maximum Gasteiger partial charge on any atom is 0.317 e. The van der Waals surface area contributed by atoms with E-state index in [1.807, 2.05) is 19.0 Å². The van der Waals surface area contributed by atoms with E-state index in [4.69, 9.17) is 0 Å². The van der Waals surface area contributed by atoms with Crippen molar-refractivity contribution in [2.24, 2.45) is 11.8 Å². The Bertz CT molecular complexity index is 358. The van der Waals surface area contributed by atoms with Gasteiger partial charge < -0.3 is 20.2 Å². The molecule has 0 saturated heterocycles. The predicted octanol–water partition coefficient (Wildman–Crippen LogP) is 1.47. The summed E-state index contributed by atoms with van der Waals surface area (Å²) in [4.78, 5) is 27.4. The fourth-order valence-corrected chi connectivity index (χ4v) is 2.72. The molecule has 6 nitrogen and oxygen atoms in total. The van der Waals surface area contributed by atoms with Crippen molar-refractivity contribution in [1.29, 1.82) is 0 Å². The molecule has 1 aliphatic carbocycles. The highest BCUT2D eigenvalue weighted by molar-refractivity contribution is 5.77. The average molecular weight is 299 g/mol. The molecule has 6 heteroatoms. The summed E-state index contributed by atoms with van der Waals surface area (Å²) in [6, 6.07) is -0.368. The SMILES string of the molecule is CC(C)CN(CCN(C)C)C(=O)NC1CCCC1C(=O)O. The molecular weight excluding hydrogens is 270 g/mol. The molecule has 21 heavy (non-hydrogen) atoms. The number of likely N-dealkylation sites (N-methyl/N-ethyl adjacent to an activating group) is 1. The van der Waals surface area contributed by atoms with Crippen molar-refractivity contribution in [3.05, 3.63) is 0 Å². The van der Waals surface area contributed by atoms with Crippen molar-refractivity contribution in [3.63, 3.8) is 0 Å². The van der Waals surface area contributed by atoms with Gasteiger partial charge in [0, 0.05) is 25.7 Å². The first-order valence-electron chi connectivity index (χ1n) is 7.74. The van der Waals surface area contributed by atoms with E-state index < -0.39 is 11.9 Å². The molecule has 2 amide bonds. The van der Waals surface area contributed by atoms with Gasteiger partial charge in [-0.25, -0.2) is 4.79 Å². The molecule has 1 rings (SSSR count). The molecule has 0 aromatic heterocycles. The van der Waals surface area contributed by atoms with Crippen LogP contribution in [0, 0.1) is 11.8 Å². The minimum absolute atomic E-state index is 0.135. The highest BCUT2D eigenvalue weighted by Gasteiger charge is 2.34. The lowest BCUT2D eigenvalue weighted by molar-refractivity contribution is -0.142. The van der Waals surface area contributed by atoms with Gasteiger partial charge in [0.2, 0.25) is 0 Å². The quantitative estimate of drug-likeness (QED) is 0.746. The van der Waals surface area contributed by atoms with Gasteiger partial charge in [-0.05, 0) is 32.9 Å². The zero-order chi connectivity index (χ0) is 16.0. The molecule has 1 saturated carbocycles. The molecule has 2 atom stereocenters. The highest BCUT2D eigenvalue weighted by atomic mass is 16.4. The van der Waals surface area contributed by atoms with E-state index in [9.17, 15) is 14.7 Å². The van der Waals surface area contributed by atoms with E-state index in [2.05, 4.69) is 19.2 Å². The maximum atomic E-state index is 12.4. The Morgan fingerprint density at radius 3 is 2.43 bits per heavy atom. The van der Waals surface area contributed by atoms with Gasteiger partial charge >= 0.3 is 12.0 Å². The monoisotopic (exact) mass is 299 g/mol. The van der Waals surface area contributed by atoms with E-state index >= 15 is 0 Å². The van der Waals surface area contributed by atoms with Crippen molar-refractivity contribution in [2.75, 3.05) is 33.7 Å². The van der Waals surface area contributed by atoms with Crippen LogP contribution in [0.4, 0.5) is 4.79 Å². The number of carboxylic acid groups (broad SMARTS) is 1. The second-order valence-electron chi connectivity index (χ2n) is 6.57. The molecule has 2 N–H and O–H groups in total. The van der Waals surface area contributed by atoms with Gasteiger partial charge in [-0.1, -0.05) is 20.3 Å². The van der Waals surface area contributed by atoms with Crippen LogP contribution in [0.15, 0.2) is 0 Å². The van der Waals surface area contributed by atoms with E-state index in [1.165, 1.54) is 0 Å². The number of hydrogen-bond acceptors (Lipinski definition) is 3. The number of hydrogen-bond donors (Lipinski definition) is 2. The van der Waals surface area contributed by atoms with Crippen LogP contribution in [-0.2, 0) is 4.79 Å². The number of amides is 2. The Balaban J connectivity index is 2.60. The second kappa shape index (κ2) is 8.22. The van der Waals surface area contributed by atoms with Gasteiger partial charge in [0.05, 0.1) is 5.92 Å². The maximum absolute atomic E-state index is 12.4.